The van der Waals surface area contributed by atoms with Crippen LogP contribution in [0, 0.1) is 0 Å². The molecule has 0 bridgehead atoms. The fourth-order valence-electron chi connectivity index (χ4n) is 4.39. The van der Waals surface area contributed by atoms with Crippen molar-refractivity contribution >= 4 is 69.9 Å². The lowest BCUT2D eigenvalue weighted by Crippen LogP contribution is -2.47. The highest BCUT2D eigenvalue weighted by molar-refractivity contribution is 8.18. The Morgan fingerprint density at radius 3 is 1.40 bits per heavy atom. The van der Waals surface area contributed by atoms with Gasteiger partial charge in [0, 0.05) is 11.1 Å². The number of carbonyl (C=O) groups excluding carboxylic acids is 4. The van der Waals surface area contributed by atoms with Gasteiger partial charge in [-0.25, -0.2) is 9.59 Å². The number of benzene rings is 2. The van der Waals surface area contributed by atoms with Crippen LogP contribution in [0.3, 0.4) is 0 Å². The lowest BCUT2D eigenvalue weighted by Gasteiger charge is -2.25. The lowest BCUT2D eigenvalue weighted by molar-refractivity contribution is -0.148. The van der Waals surface area contributed by atoms with E-state index in [2.05, 4.69) is 0 Å². The van der Waals surface area contributed by atoms with Gasteiger partial charge >= 0.3 is 11.9 Å². The number of carboxylic acids is 2. The fourth-order valence-corrected chi connectivity index (χ4v) is 6.13. The van der Waals surface area contributed by atoms with Gasteiger partial charge in [-0.3, -0.25) is 29.0 Å². The summed E-state index contributed by atoms with van der Waals surface area (Å²) in [6.07, 6.45) is 1.74. The second-order valence-electron chi connectivity index (χ2n) is 8.87. The number of aliphatic carboxylic acids is 2. The quantitative estimate of drug-likeness (QED) is 0.348. The normalized spacial score (nSPS) is 18.6. The molecule has 0 aliphatic carbocycles. The number of hydrogen-bond acceptors (Lipinski definition) is 10. The summed E-state index contributed by atoms with van der Waals surface area (Å²) < 4.78 is 10.5. The van der Waals surface area contributed by atoms with E-state index in [1.165, 1.54) is 26.4 Å². The molecule has 2 aliphatic rings. The summed E-state index contributed by atoms with van der Waals surface area (Å²) in [4.78, 5) is 77.2. The van der Waals surface area contributed by atoms with E-state index in [1.54, 1.807) is 48.5 Å². The van der Waals surface area contributed by atoms with Gasteiger partial charge in [0.1, 0.15) is 23.6 Å². The molecule has 14 heteroatoms. The molecule has 42 heavy (non-hydrogen) atoms. The number of rotatable bonds is 11. The number of amides is 4. The third kappa shape index (κ3) is 6.19. The number of ether oxygens (including phenoxy) is 2. The fraction of sp³-hybridized carbons (Fsp3) is 0.214. The highest BCUT2D eigenvalue weighted by Crippen LogP contribution is 2.38. The first kappa shape index (κ1) is 30.4. The number of nitrogens with zero attached hydrogens (tertiary/aromatic N) is 2. The maximum absolute atomic E-state index is 13.1. The Labute approximate surface area is 247 Å². The zero-order valence-electron chi connectivity index (χ0n) is 22.2. The van der Waals surface area contributed by atoms with E-state index >= 15 is 0 Å². The van der Waals surface area contributed by atoms with Crippen molar-refractivity contribution < 1.29 is 48.5 Å². The zero-order chi connectivity index (χ0) is 30.6. The van der Waals surface area contributed by atoms with Gasteiger partial charge in [0.25, 0.3) is 22.3 Å². The minimum Gasteiger partial charge on any atom is -0.496 e. The summed E-state index contributed by atoms with van der Waals surface area (Å²) >= 11 is 1.07. The number of methoxy groups -OCH3 is 2. The van der Waals surface area contributed by atoms with Crippen LogP contribution in [0.25, 0.3) is 12.2 Å². The predicted octanol–water partition coefficient (Wildman–Crippen LogP) is 4.16. The van der Waals surface area contributed by atoms with Crippen molar-refractivity contribution in [1.82, 2.24) is 9.80 Å². The SMILES string of the molecule is COc1ccccc1/C=C1\SC(=O)N(C(CC[C@H](C(=O)O)N2C(=O)S/C(=C\c3ccccc3OC)C2=O)C(=O)O)C1=O. The molecule has 2 atom stereocenters. The van der Waals surface area contributed by atoms with E-state index in [0.29, 0.717) is 55.9 Å². The second kappa shape index (κ2) is 13.0. The minimum absolute atomic E-state index is 0.0436. The molecule has 2 saturated heterocycles. The molecule has 2 aliphatic heterocycles. The Morgan fingerprint density at radius 1 is 0.714 bits per heavy atom. The number of imide groups is 2. The Balaban J connectivity index is 1.55. The van der Waals surface area contributed by atoms with Gasteiger partial charge in [0.15, 0.2) is 0 Å². The van der Waals surface area contributed by atoms with Crippen molar-refractivity contribution in [3.05, 3.63) is 69.5 Å². The maximum Gasteiger partial charge on any atom is 0.326 e. The molecule has 12 nitrogen and oxygen atoms in total. The van der Waals surface area contributed by atoms with Crippen molar-refractivity contribution in [1.29, 1.82) is 0 Å². The Morgan fingerprint density at radius 2 is 1.07 bits per heavy atom. The van der Waals surface area contributed by atoms with Gasteiger partial charge < -0.3 is 19.7 Å². The number of para-hydroxylation sites is 2. The highest BCUT2D eigenvalue weighted by Gasteiger charge is 2.46. The summed E-state index contributed by atoms with van der Waals surface area (Å²) in [6, 6.07) is 9.94. The first-order valence-electron chi connectivity index (χ1n) is 12.3. The van der Waals surface area contributed by atoms with Crippen LogP contribution in [0.5, 0.6) is 11.5 Å². The van der Waals surface area contributed by atoms with Gasteiger partial charge in [0.2, 0.25) is 0 Å². The molecule has 2 fully saturated rings. The molecule has 0 saturated carbocycles. The summed E-state index contributed by atoms with van der Waals surface area (Å²) in [7, 11) is 2.87. The smallest absolute Gasteiger partial charge is 0.326 e. The topological polar surface area (TPSA) is 168 Å². The molecule has 1 unspecified atom stereocenters. The monoisotopic (exact) mass is 612 g/mol. The third-order valence-corrected chi connectivity index (χ3v) is 8.17. The number of hydrogen-bond donors (Lipinski definition) is 2. The Bertz CT molecular complexity index is 1420. The Kier molecular flexibility index (Phi) is 9.38. The van der Waals surface area contributed by atoms with Crippen LogP contribution >= 0.6 is 23.5 Å². The van der Waals surface area contributed by atoms with Crippen molar-refractivity contribution in [3.8, 4) is 11.5 Å². The largest absolute Gasteiger partial charge is 0.496 e. The van der Waals surface area contributed by atoms with Crippen LogP contribution in [0.2, 0.25) is 0 Å². The number of carbonyl (C=O) groups is 6. The second-order valence-corrected chi connectivity index (χ2v) is 10.9. The van der Waals surface area contributed by atoms with Crippen molar-refractivity contribution in [2.24, 2.45) is 0 Å². The van der Waals surface area contributed by atoms with Crippen LogP contribution < -0.4 is 9.47 Å². The van der Waals surface area contributed by atoms with Crippen LogP contribution in [-0.4, -0.2) is 80.5 Å². The summed E-state index contributed by atoms with van der Waals surface area (Å²) in [5.74, 6) is -3.99. The molecule has 2 N–H and O–H groups in total. The lowest BCUT2D eigenvalue weighted by atomic mass is 10.0. The highest BCUT2D eigenvalue weighted by atomic mass is 32.2. The van der Waals surface area contributed by atoms with Crippen LogP contribution in [0.4, 0.5) is 9.59 Å². The van der Waals surface area contributed by atoms with Gasteiger partial charge in [-0.05, 0) is 60.7 Å². The van der Waals surface area contributed by atoms with Crippen LogP contribution in [-0.2, 0) is 19.2 Å². The molecule has 0 aromatic heterocycles. The summed E-state index contributed by atoms with van der Waals surface area (Å²) in [5.41, 5.74) is 0.979. The molecule has 2 aromatic rings. The van der Waals surface area contributed by atoms with E-state index in [9.17, 15) is 39.0 Å². The molecule has 2 heterocycles. The van der Waals surface area contributed by atoms with E-state index in [4.69, 9.17) is 9.47 Å². The standard InChI is InChI=1S/C28H24N2O10S2/c1-39-19-9-5-3-7-15(19)13-21-23(31)29(27(37)41-21)17(25(33)34)11-12-18(26(35)36)30-24(32)22(42-28(30)38)14-16-8-4-6-10-20(16)40-2/h3-10,13-14,17-18H,11-12H2,1-2H3,(H,33,34)(H,35,36)/b21-13-,22-14-/t17-,18?/m1/s1. The van der Waals surface area contributed by atoms with Gasteiger partial charge in [-0.1, -0.05) is 36.4 Å². The predicted molar refractivity (Wildman–Crippen MR) is 154 cm³/mol. The molecule has 2 aromatic carbocycles. The maximum atomic E-state index is 13.1. The number of thioether (sulfide) groups is 2. The summed E-state index contributed by atoms with van der Waals surface area (Å²) in [5, 5.41) is 18.1. The Hall–Kier alpha value is -4.56. The number of carboxylic acid groups (broad SMARTS) is 2. The molecule has 218 valence electrons. The van der Waals surface area contributed by atoms with Crippen molar-refractivity contribution in [2.75, 3.05) is 14.2 Å². The van der Waals surface area contributed by atoms with Crippen molar-refractivity contribution in [2.45, 2.75) is 24.9 Å². The van der Waals surface area contributed by atoms with Crippen molar-refractivity contribution in [3.63, 3.8) is 0 Å². The molecule has 0 radical (unpaired) electrons. The van der Waals surface area contributed by atoms with Gasteiger partial charge in [-0.15, -0.1) is 0 Å². The third-order valence-electron chi connectivity index (χ3n) is 6.41. The van der Waals surface area contributed by atoms with Gasteiger partial charge in [0.05, 0.1) is 24.0 Å². The van der Waals surface area contributed by atoms with Crippen LogP contribution in [0.1, 0.15) is 24.0 Å². The van der Waals surface area contributed by atoms with E-state index in [1.807, 2.05) is 0 Å². The molecule has 4 rings (SSSR count). The molecular formula is C28H24N2O10S2. The van der Waals surface area contributed by atoms with Crippen LogP contribution in [0.15, 0.2) is 58.3 Å². The average Bonchev–Trinajstić information content (AvgIpc) is 3.39. The first-order valence-corrected chi connectivity index (χ1v) is 14.0. The summed E-state index contributed by atoms with van der Waals surface area (Å²) in [6.45, 7) is 0. The minimum atomic E-state index is -1.74. The van der Waals surface area contributed by atoms with E-state index < -0.39 is 59.2 Å². The first-order chi connectivity index (χ1) is 20.1. The molecule has 4 amide bonds. The van der Waals surface area contributed by atoms with E-state index in [-0.39, 0.29) is 9.81 Å². The van der Waals surface area contributed by atoms with Gasteiger partial charge in [-0.2, -0.15) is 0 Å². The molecular weight excluding hydrogens is 588 g/mol. The zero-order valence-corrected chi connectivity index (χ0v) is 23.8. The average molecular weight is 613 g/mol. The van der Waals surface area contributed by atoms with E-state index in [0.717, 1.165) is 0 Å². The molecule has 0 spiro atoms.